The van der Waals surface area contributed by atoms with Crippen molar-refractivity contribution in [3.63, 3.8) is 0 Å². The van der Waals surface area contributed by atoms with Gasteiger partial charge in [0, 0.05) is 11.8 Å². The van der Waals surface area contributed by atoms with Crippen molar-refractivity contribution in [1.82, 2.24) is 4.31 Å². The van der Waals surface area contributed by atoms with Crippen molar-refractivity contribution in [1.29, 1.82) is 0 Å². The molecule has 2 aliphatic carbocycles. The molecule has 1 heterocycles. The van der Waals surface area contributed by atoms with Crippen LogP contribution < -0.4 is 0 Å². The average Bonchev–Trinajstić information content (AvgIpc) is 2.85. The number of nitrogens with zero attached hydrogens (tertiary/aromatic N) is 1. The molecular weight excluding hydrogens is 298 g/mol. The minimum atomic E-state index is -3.44. The predicted molar refractivity (Wildman–Crippen MR) is 86.7 cm³/mol. The molecule has 126 valence electrons. The Morgan fingerprint density at radius 1 is 1.36 bits per heavy atom. The SMILES string of the molecule is CCC[C@@H](C)CC(=O)N1[C@@H]2C[C@H]3CC[C@@]2(CS1(=O)=O)C3(C)C. The highest BCUT2D eigenvalue weighted by atomic mass is 32.2. The Labute approximate surface area is 134 Å². The topological polar surface area (TPSA) is 54.5 Å². The number of fused-ring (bicyclic) bond motifs is 1. The van der Waals surface area contributed by atoms with E-state index in [1.807, 2.05) is 6.92 Å². The molecule has 2 bridgehead atoms. The lowest BCUT2D eigenvalue weighted by atomic mass is 9.69. The lowest BCUT2D eigenvalue weighted by Crippen LogP contribution is -2.44. The molecule has 1 amide bonds. The third-order valence-electron chi connectivity index (χ3n) is 6.96. The van der Waals surface area contributed by atoms with Crippen LogP contribution in [0.25, 0.3) is 0 Å². The fourth-order valence-corrected chi connectivity index (χ4v) is 8.16. The van der Waals surface area contributed by atoms with Crippen LogP contribution in [0.4, 0.5) is 0 Å². The molecule has 3 aliphatic rings. The lowest BCUT2D eigenvalue weighted by molar-refractivity contribution is -0.129. The summed E-state index contributed by atoms with van der Waals surface area (Å²) in [6.07, 6.45) is 5.33. The Morgan fingerprint density at radius 2 is 2.05 bits per heavy atom. The summed E-state index contributed by atoms with van der Waals surface area (Å²) >= 11 is 0. The van der Waals surface area contributed by atoms with Gasteiger partial charge in [-0.1, -0.05) is 40.5 Å². The van der Waals surface area contributed by atoms with Gasteiger partial charge in [-0.05, 0) is 36.5 Å². The number of hydrogen-bond donors (Lipinski definition) is 0. The van der Waals surface area contributed by atoms with E-state index in [0.29, 0.717) is 12.3 Å². The first-order valence-corrected chi connectivity index (χ1v) is 10.3. The van der Waals surface area contributed by atoms with Crippen LogP contribution in [0, 0.1) is 22.7 Å². The fourth-order valence-electron chi connectivity index (χ4n) is 5.60. The lowest BCUT2D eigenvalue weighted by Gasteiger charge is -2.37. The smallest absolute Gasteiger partial charge is 0.238 e. The minimum absolute atomic E-state index is 0.0365. The maximum Gasteiger partial charge on any atom is 0.238 e. The van der Waals surface area contributed by atoms with Gasteiger partial charge in [0.1, 0.15) is 0 Å². The van der Waals surface area contributed by atoms with Gasteiger partial charge in [0.25, 0.3) is 0 Å². The quantitative estimate of drug-likeness (QED) is 0.797. The van der Waals surface area contributed by atoms with E-state index >= 15 is 0 Å². The van der Waals surface area contributed by atoms with Crippen LogP contribution in [-0.2, 0) is 14.8 Å². The monoisotopic (exact) mass is 327 g/mol. The van der Waals surface area contributed by atoms with E-state index < -0.39 is 10.0 Å². The molecule has 2 saturated carbocycles. The zero-order valence-corrected chi connectivity index (χ0v) is 15.1. The van der Waals surface area contributed by atoms with Crippen molar-refractivity contribution in [2.75, 3.05) is 5.75 Å². The summed E-state index contributed by atoms with van der Waals surface area (Å²) in [5.74, 6) is 0.848. The van der Waals surface area contributed by atoms with Gasteiger partial charge < -0.3 is 0 Å². The summed E-state index contributed by atoms with van der Waals surface area (Å²) in [4.78, 5) is 12.7. The van der Waals surface area contributed by atoms with Gasteiger partial charge in [-0.3, -0.25) is 4.79 Å². The van der Waals surface area contributed by atoms with E-state index in [1.54, 1.807) is 0 Å². The van der Waals surface area contributed by atoms with Crippen LogP contribution >= 0.6 is 0 Å². The minimum Gasteiger partial charge on any atom is -0.274 e. The van der Waals surface area contributed by atoms with Gasteiger partial charge in [-0.2, -0.15) is 0 Å². The molecule has 0 aromatic heterocycles. The summed E-state index contributed by atoms with van der Waals surface area (Å²) in [6.45, 7) is 8.58. The molecule has 1 aliphatic heterocycles. The first kappa shape index (κ1) is 16.3. The van der Waals surface area contributed by atoms with Crippen molar-refractivity contribution in [2.45, 2.75) is 72.3 Å². The summed E-state index contributed by atoms with van der Waals surface area (Å²) in [7, 11) is -3.44. The highest BCUT2D eigenvalue weighted by Gasteiger charge is 2.72. The highest BCUT2D eigenvalue weighted by Crippen LogP contribution is 2.70. The Hall–Kier alpha value is -0.580. The zero-order valence-electron chi connectivity index (χ0n) is 14.3. The van der Waals surface area contributed by atoms with E-state index in [9.17, 15) is 13.2 Å². The van der Waals surface area contributed by atoms with Crippen LogP contribution in [0.15, 0.2) is 0 Å². The summed E-state index contributed by atoms with van der Waals surface area (Å²) in [6, 6.07) is -0.0763. The molecule has 3 fully saturated rings. The van der Waals surface area contributed by atoms with Crippen molar-refractivity contribution < 1.29 is 13.2 Å². The molecule has 0 unspecified atom stereocenters. The van der Waals surface area contributed by atoms with Gasteiger partial charge in [-0.25, -0.2) is 12.7 Å². The Bertz CT molecular complexity index is 583. The summed E-state index contributed by atoms with van der Waals surface area (Å²) in [5, 5.41) is 0. The van der Waals surface area contributed by atoms with Gasteiger partial charge in [0.2, 0.25) is 15.9 Å². The maximum atomic E-state index is 12.7. The zero-order chi connectivity index (χ0) is 16.3. The largest absolute Gasteiger partial charge is 0.274 e. The molecule has 3 rings (SSSR count). The van der Waals surface area contributed by atoms with Crippen LogP contribution in [0.3, 0.4) is 0 Å². The van der Waals surface area contributed by atoms with Crippen molar-refractivity contribution >= 4 is 15.9 Å². The van der Waals surface area contributed by atoms with Crippen LogP contribution in [0.5, 0.6) is 0 Å². The molecule has 0 N–H and O–H groups in total. The average molecular weight is 327 g/mol. The standard InChI is InChI=1S/C17H29NO3S/c1-5-6-12(2)9-15(19)18-14-10-13-7-8-17(14,16(13,3)4)11-22(18,20)21/h12-14H,5-11H2,1-4H3/t12-,13-,14-,17+/m1/s1. The van der Waals surface area contributed by atoms with Gasteiger partial charge in [0.15, 0.2) is 0 Å². The molecule has 0 aromatic carbocycles. The summed E-state index contributed by atoms with van der Waals surface area (Å²) < 4.78 is 26.8. The number of rotatable bonds is 4. The van der Waals surface area contributed by atoms with Gasteiger partial charge in [0.05, 0.1) is 11.8 Å². The fraction of sp³-hybridized carbons (Fsp3) is 0.941. The first-order chi connectivity index (χ1) is 10.2. The van der Waals surface area contributed by atoms with Crippen molar-refractivity contribution in [2.24, 2.45) is 22.7 Å². The number of hydrogen-bond acceptors (Lipinski definition) is 3. The number of carbonyl (C=O) groups excluding carboxylic acids is 1. The second-order valence-corrected chi connectivity index (χ2v) is 10.3. The number of carbonyl (C=O) groups is 1. The van der Waals surface area contributed by atoms with E-state index in [-0.39, 0.29) is 34.4 Å². The molecule has 4 atom stereocenters. The number of amides is 1. The molecule has 22 heavy (non-hydrogen) atoms. The molecular formula is C17H29NO3S. The second kappa shape index (κ2) is 4.96. The van der Waals surface area contributed by atoms with Gasteiger partial charge in [-0.15, -0.1) is 0 Å². The van der Waals surface area contributed by atoms with E-state index in [2.05, 4.69) is 20.8 Å². The van der Waals surface area contributed by atoms with Crippen LogP contribution in [0.2, 0.25) is 0 Å². The van der Waals surface area contributed by atoms with E-state index in [1.165, 1.54) is 4.31 Å². The molecule has 0 radical (unpaired) electrons. The molecule has 4 nitrogen and oxygen atoms in total. The molecule has 1 spiro atoms. The summed E-state index contributed by atoms with van der Waals surface area (Å²) in [5.41, 5.74) is -0.158. The predicted octanol–water partition coefficient (Wildman–Crippen LogP) is 3.18. The van der Waals surface area contributed by atoms with Crippen LogP contribution in [0.1, 0.15) is 66.2 Å². The normalized spacial score (nSPS) is 39.0. The van der Waals surface area contributed by atoms with E-state index in [4.69, 9.17) is 0 Å². The maximum absolute atomic E-state index is 12.7. The molecule has 0 aromatic rings. The van der Waals surface area contributed by atoms with Crippen molar-refractivity contribution in [3.05, 3.63) is 0 Å². The first-order valence-electron chi connectivity index (χ1n) is 8.70. The Morgan fingerprint density at radius 3 is 2.64 bits per heavy atom. The third-order valence-corrected chi connectivity index (χ3v) is 8.90. The molecule has 1 saturated heterocycles. The Balaban J connectivity index is 1.89. The van der Waals surface area contributed by atoms with Crippen LogP contribution in [-0.4, -0.2) is 30.4 Å². The van der Waals surface area contributed by atoms with Gasteiger partial charge >= 0.3 is 0 Å². The van der Waals surface area contributed by atoms with Crippen molar-refractivity contribution in [3.8, 4) is 0 Å². The highest BCUT2D eigenvalue weighted by molar-refractivity contribution is 7.90. The number of sulfonamides is 1. The third kappa shape index (κ3) is 2.00. The molecule has 5 heteroatoms. The second-order valence-electron chi connectivity index (χ2n) is 8.41. The van der Waals surface area contributed by atoms with E-state index in [0.717, 1.165) is 32.1 Å². The Kier molecular flexibility index (Phi) is 3.67.